The monoisotopic (exact) mass is 629 g/mol. The molecule has 1 aromatic carbocycles. The molecule has 10 nitrogen and oxygen atoms in total. The predicted octanol–water partition coefficient (Wildman–Crippen LogP) is 6.00. The molecule has 2 atom stereocenters. The van der Waals surface area contributed by atoms with Gasteiger partial charge in [0.2, 0.25) is 5.43 Å². The van der Waals surface area contributed by atoms with Crippen molar-refractivity contribution in [2.75, 3.05) is 18.5 Å². The van der Waals surface area contributed by atoms with E-state index in [1.165, 1.54) is 18.5 Å². The number of halogens is 3. The number of pyridine rings is 2. The van der Waals surface area contributed by atoms with Crippen molar-refractivity contribution >= 4 is 40.1 Å². The summed E-state index contributed by atoms with van der Waals surface area (Å²) in [4.78, 5) is 46.7. The van der Waals surface area contributed by atoms with E-state index in [-0.39, 0.29) is 40.0 Å². The summed E-state index contributed by atoms with van der Waals surface area (Å²) in [6.45, 7) is 3.76. The van der Waals surface area contributed by atoms with Crippen LogP contribution in [0.5, 0.6) is 0 Å². The molecule has 2 amide bonds. The van der Waals surface area contributed by atoms with Crippen LogP contribution in [0.2, 0.25) is 0 Å². The Morgan fingerprint density at radius 1 is 1.16 bits per heavy atom. The number of amides is 2. The zero-order valence-electron chi connectivity index (χ0n) is 23.9. The molecule has 5 rings (SSSR count). The van der Waals surface area contributed by atoms with E-state index in [1.54, 1.807) is 36.6 Å². The molecule has 0 spiro atoms. The van der Waals surface area contributed by atoms with Gasteiger partial charge in [-0.1, -0.05) is 18.9 Å². The number of urea groups is 1. The molecule has 3 N–H and O–H groups in total. The highest BCUT2D eigenvalue weighted by Crippen LogP contribution is 2.39. The Hall–Kier alpha value is -4.30. The van der Waals surface area contributed by atoms with Crippen LogP contribution in [0.1, 0.15) is 61.6 Å². The van der Waals surface area contributed by atoms with Gasteiger partial charge in [-0.05, 0) is 50.5 Å². The first kappa shape index (κ1) is 31.1. The Balaban J connectivity index is 1.70. The number of fused-ring (bicyclic) bond motifs is 1. The maximum Gasteiger partial charge on any atom is 0.434 e. The average Bonchev–Trinajstić information content (AvgIpc) is 3.49. The maximum absolute atomic E-state index is 13.7. The van der Waals surface area contributed by atoms with Crippen LogP contribution in [0.15, 0.2) is 46.8 Å². The average molecular weight is 630 g/mol. The number of hydrogen-bond acceptors (Lipinski definition) is 8. The highest BCUT2D eigenvalue weighted by molar-refractivity contribution is 7.13. The number of carbonyl (C=O) groups is 2. The van der Waals surface area contributed by atoms with Gasteiger partial charge in [-0.3, -0.25) is 10.1 Å². The first-order valence-electron chi connectivity index (χ1n) is 14.1. The minimum atomic E-state index is -4.66. The largest absolute Gasteiger partial charge is 0.462 e. The first-order chi connectivity index (χ1) is 21.0. The number of aliphatic hydroxyl groups is 1. The lowest BCUT2D eigenvalue weighted by Gasteiger charge is -2.31. The van der Waals surface area contributed by atoms with E-state index >= 15 is 0 Å². The second-order valence-electron chi connectivity index (χ2n) is 10.3. The highest BCUT2D eigenvalue weighted by Gasteiger charge is 2.34. The lowest BCUT2D eigenvalue weighted by atomic mass is 9.91. The third-order valence-corrected chi connectivity index (χ3v) is 8.27. The lowest BCUT2D eigenvalue weighted by Crippen LogP contribution is -2.30. The number of carbonyl (C=O) groups excluding carboxylic acids is 2. The van der Waals surface area contributed by atoms with Crippen molar-refractivity contribution in [2.45, 2.75) is 57.9 Å². The molecule has 0 radical (unpaired) electrons. The first-order valence-corrected chi connectivity index (χ1v) is 15.0. The Morgan fingerprint density at radius 3 is 2.61 bits per heavy atom. The molecule has 3 aromatic heterocycles. The van der Waals surface area contributed by atoms with Crippen molar-refractivity contribution in [1.29, 1.82) is 0 Å². The number of aromatic nitrogens is 3. The number of rotatable bonds is 7. The Kier molecular flexibility index (Phi) is 9.02. The number of aliphatic hydroxyl groups excluding tert-OH is 1. The molecule has 4 aromatic rings. The van der Waals surface area contributed by atoms with Crippen LogP contribution in [0, 0.1) is 0 Å². The van der Waals surface area contributed by atoms with Crippen molar-refractivity contribution in [1.82, 2.24) is 19.9 Å². The van der Waals surface area contributed by atoms with Gasteiger partial charge in [-0.25, -0.2) is 19.6 Å². The second kappa shape index (κ2) is 12.7. The van der Waals surface area contributed by atoms with Gasteiger partial charge in [-0.15, -0.1) is 11.3 Å². The van der Waals surface area contributed by atoms with Crippen molar-refractivity contribution < 1.29 is 32.6 Å². The van der Waals surface area contributed by atoms with Gasteiger partial charge in [0.1, 0.15) is 16.4 Å². The third-order valence-electron chi connectivity index (χ3n) is 7.40. The highest BCUT2D eigenvalue weighted by atomic mass is 32.1. The number of nitrogens with zero attached hydrogens (tertiary/aromatic N) is 3. The third kappa shape index (κ3) is 6.31. The second-order valence-corrected chi connectivity index (χ2v) is 11.1. The van der Waals surface area contributed by atoms with E-state index in [9.17, 15) is 32.7 Å². The molecule has 232 valence electrons. The van der Waals surface area contributed by atoms with Crippen molar-refractivity contribution in [3.05, 3.63) is 63.5 Å². The van der Waals surface area contributed by atoms with Crippen molar-refractivity contribution in [3.8, 4) is 21.7 Å². The van der Waals surface area contributed by atoms with Gasteiger partial charge in [-0.2, -0.15) is 13.2 Å². The molecular weight excluding hydrogens is 599 g/mol. The molecule has 1 saturated carbocycles. The van der Waals surface area contributed by atoms with Crippen LogP contribution in [0.4, 0.5) is 23.8 Å². The van der Waals surface area contributed by atoms with Crippen LogP contribution in [0.25, 0.3) is 32.6 Å². The topological polar surface area (TPSA) is 135 Å². The van der Waals surface area contributed by atoms with Gasteiger partial charge in [0.25, 0.3) is 0 Å². The minimum Gasteiger partial charge on any atom is -0.462 e. The smallest absolute Gasteiger partial charge is 0.434 e. The van der Waals surface area contributed by atoms with E-state index in [2.05, 4.69) is 20.6 Å². The summed E-state index contributed by atoms with van der Waals surface area (Å²) < 4.78 is 47.2. The Morgan fingerprint density at radius 2 is 1.93 bits per heavy atom. The summed E-state index contributed by atoms with van der Waals surface area (Å²) in [6.07, 6.45) is 0.409. The molecule has 1 aliphatic rings. The number of ether oxygens (including phenoxy) is 1. The molecule has 1 fully saturated rings. The van der Waals surface area contributed by atoms with E-state index in [0.29, 0.717) is 36.0 Å². The molecule has 0 bridgehead atoms. The molecular formula is C30H30F3N5O5S. The zero-order chi connectivity index (χ0) is 31.6. The number of hydrogen-bond donors (Lipinski definition) is 3. The predicted molar refractivity (Wildman–Crippen MR) is 160 cm³/mol. The lowest BCUT2D eigenvalue weighted by molar-refractivity contribution is -0.140. The molecule has 1 unspecified atom stereocenters. The fourth-order valence-electron chi connectivity index (χ4n) is 5.35. The van der Waals surface area contributed by atoms with E-state index in [1.807, 2.05) is 0 Å². The molecule has 14 heteroatoms. The SMILES string of the molecule is CCNC(=O)Nc1cc(-c2nc(C(F)(F)F)cs2)c(-c2ccc3c(c2)c(=O)c(C(=O)OCC)cn3C2CCCC[C@@H]2O)cn1. The normalized spacial score (nSPS) is 17.0. The summed E-state index contributed by atoms with van der Waals surface area (Å²) in [5, 5.41) is 17.0. The number of benzene rings is 1. The summed E-state index contributed by atoms with van der Waals surface area (Å²) in [7, 11) is 0. The number of anilines is 1. The van der Waals surface area contributed by atoms with E-state index in [4.69, 9.17) is 4.74 Å². The van der Waals surface area contributed by atoms with Crippen LogP contribution in [-0.2, 0) is 10.9 Å². The molecule has 3 heterocycles. The fourth-order valence-corrected chi connectivity index (χ4v) is 6.20. The van der Waals surface area contributed by atoms with Crippen LogP contribution in [-0.4, -0.2) is 50.9 Å². The van der Waals surface area contributed by atoms with Gasteiger partial charge in [0.05, 0.1) is 24.3 Å². The Bertz CT molecular complexity index is 1770. The van der Waals surface area contributed by atoms with Crippen LogP contribution >= 0.6 is 11.3 Å². The summed E-state index contributed by atoms with van der Waals surface area (Å²) >= 11 is 0.774. The summed E-state index contributed by atoms with van der Waals surface area (Å²) in [6, 6.07) is 5.40. The van der Waals surface area contributed by atoms with Crippen LogP contribution in [0.3, 0.4) is 0 Å². The quantitative estimate of drug-likeness (QED) is 0.214. The zero-order valence-corrected chi connectivity index (χ0v) is 24.7. The number of alkyl halides is 3. The van der Waals surface area contributed by atoms with E-state index in [0.717, 1.165) is 29.6 Å². The van der Waals surface area contributed by atoms with Crippen molar-refractivity contribution in [2.24, 2.45) is 0 Å². The summed E-state index contributed by atoms with van der Waals surface area (Å²) in [5.74, 6) is -0.716. The molecule has 0 aliphatic heterocycles. The molecule has 0 saturated heterocycles. The standard InChI is InChI=1S/C30H30F3N5O5S/c1-3-34-29(42)37-25-12-17(27-36-24(15-44-27)30(31,32)33)19(13-35-25)16-9-10-21-18(11-16)26(40)20(28(41)43-4-2)14-38(21)22-7-5-6-8-23(22)39/h9-15,22-23,39H,3-8H2,1-2H3,(H2,34,35,37,42)/t22?,23-/m0/s1. The number of esters is 1. The van der Waals surface area contributed by atoms with Gasteiger partial charge in [0, 0.05) is 40.8 Å². The van der Waals surface area contributed by atoms with Gasteiger partial charge >= 0.3 is 18.2 Å². The minimum absolute atomic E-state index is 0.0248. The van der Waals surface area contributed by atoms with Gasteiger partial charge < -0.3 is 19.7 Å². The Labute approximate surface area is 253 Å². The molecule has 44 heavy (non-hydrogen) atoms. The van der Waals surface area contributed by atoms with E-state index < -0.39 is 35.4 Å². The molecule has 1 aliphatic carbocycles. The van der Waals surface area contributed by atoms with Gasteiger partial charge in [0.15, 0.2) is 5.69 Å². The number of thiazole rings is 1. The van der Waals surface area contributed by atoms with Crippen molar-refractivity contribution in [3.63, 3.8) is 0 Å². The summed E-state index contributed by atoms with van der Waals surface area (Å²) in [5.41, 5.74) is -0.344. The number of nitrogens with one attached hydrogen (secondary N) is 2. The fraction of sp³-hybridized carbons (Fsp3) is 0.367. The maximum atomic E-state index is 13.7. The van der Waals surface area contributed by atoms with Crippen LogP contribution < -0.4 is 16.1 Å².